The van der Waals surface area contributed by atoms with E-state index in [-0.39, 0.29) is 35.3 Å². The Morgan fingerprint density at radius 1 is 0.524 bits per heavy atom. The molecule has 17 nitrogen and oxygen atoms in total. The van der Waals surface area contributed by atoms with Gasteiger partial charge in [0.15, 0.2) is 0 Å². The van der Waals surface area contributed by atoms with Crippen molar-refractivity contribution in [1.82, 2.24) is 4.98 Å². The lowest BCUT2D eigenvalue weighted by Gasteiger charge is -2.26. The van der Waals surface area contributed by atoms with Gasteiger partial charge in [-0.05, 0) is 188 Å². The van der Waals surface area contributed by atoms with Gasteiger partial charge in [-0.25, -0.2) is 19.6 Å². The van der Waals surface area contributed by atoms with Crippen LogP contribution in [0.15, 0.2) is 121 Å². The van der Waals surface area contributed by atoms with Gasteiger partial charge in [-0.15, -0.1) is 0 Å². The number of para-hydroxylation sites is 1. The van der Waals surface area contributed by atoms with Gasteiger partial charge >= 0.3 is 35.8 Å². The van der Waals surface area contributed by atoms with Crippen molar-refractivity contribution in [3.8, 4) is 34.5 Å². The average Bonchev–Trinajstić information content (AvgIpc) is 4.13. The van der Waals surface area contributed by atoms with Gasteiger partial charge in [0, 0.05) is 24.3 Å². The normalized spacial score (nSPS) is 16.7. The van der Waals surface area contributed by atoms with E-state index in [0.29, 0.717) is 113 Å². The van der Waals surface area contributed by atoms with Crippen LogP contribution in [0, 0.1) is 23.7 Å². The molecule has 0 bridgehead atoms. The highest BCUT2D eigenvalue weighted by Gasteiger charge is 2.34. The second kappa shape index (κ2) is 34.7. The topological polar surface area (TPSA) is 205 Å². The molecule has 0 amide bonds. The van der Waals surface area contributed by atoms with Gasteiger partial charge in [-0.3, -0.25) is 19.2 Å². The number of hydrogen-bond donors (Lipinski definition) is 0. The van der Waals surface area contributed by atoms with Crippen LogP contribution in [-0.2, 0) is 38.2 Å². The summed E-state index contributed by atoms with van der Waals surface area (Å²) in [4.78, 5) is 81.5. The molecular formula is C66H79N3O14S. The first kappa shape index (κ1) is 63.7. The highest BCUT2D eigenvalue weighted by atomic mass is 32.1. The zero-order chi connectivity index (χ0) is 59.3. The van der Waals surface area contributed by atoms with Crippen molar-refractivity contribution in [1.29, 1.82) is 0 Å². The van der Waals surface area contributed by atoms with E-state index < -0.39 is 35.7 Å². The molecule has 2 aliphatic carbocycles. The summed E-state index contributed by atoms with van der Waals surface area (Å²) < 4.78 is 46.4. The second-order valence-electron chi connectivity index (χ2n) is 21.1. The van der Waals surface area contributed by atoms with Crippen LogP contribution in [0.3, 0.4) is 0 Å². The number of thiazole rings is 1. The molecule has 1 heterocycles. The number of benzene rings is 4. The summed E-state index contributed by atoms with van der Waals surface area (Å²) in [7, 11) is 0. The lowest BCUT2D eigenvalue weighted by molar-refractivity contribution is -0.145. The minimum Gasteiger partial charge on any atom is -0.494 e. The fraction of sp³-hybridized carbons (Fsp3) is 0.455. The maximum Gasteiger partial charge on any atom is 0.330 e. The smallest absolute Gasteiger partial charge is 0.330 e. The zero-order valence-corrected chi connectivity index (χ0v) is 49.1. The van der Waals surface area contributed by atoms with E-state index in [1.54, 1.807) is 72.9 Å². The minimum absolute atomic E-state index is 0.242. The van der Waals surface area contributed by atoms with E-state index in [2.05, 4.69) is 20.1 Å². The number of unbranched alkanes of at least 4 members (excludes halogenated alkanes) is 9. The fourth-order valence-electron chi connectivity index (χ4n) is 9.86. The largest absolute Gasteiger partial charge is 0.494 e. The van der Waals surface area contributed by atoms with Gasteiger partial charge in [-0.2, -0.15) is 5.10 Å². The molecule has 84 heavy (non-hydrogen) atoms. The van der Waals surface area contributed by atoms with Crippen LogP contribution >= 0.6 is 11.3 Å². The van der Waals surface area contributed by atoms with Crippen molar-refractivity contribution < 1.29 is 66.7 Å². The summed E-state index contributed by atoms with van der Waals surface area (Å²) in [6, 6.07) is 26.7. The van der Waals surface area contributed by atoms with Gasteiger partial charge < -0.3 is 37.9 Å². The lowest BCUT2D eigenvalue weighted by atomic mass is 9.82. The Balaban J connectivity index is 0.911. The molecule has 2 aliphatic rings. The van der Waals surface area contributed by atoms with E-state index in [0.717, 1.165) is 105 Å². The molecule has 2 saturated carbocycles. The first-order chi connectivity index (χ1) is 41.0. The van der Waals surface area contributed by atoms with Gasteiger partial charge in [0.2, 0.25) is 5.13 Å². The molecule has 1 aromatic heterocycles. The molecule has 0 saturated heterocycles. The van der Waals surface area contributed by atoms with Crippen LogP contribution in [0.1, 0.15) is 141 Å². The molecule has 0 aliphatic heterocycles. The van der Waals surface area contributed by atoms with Crippen molar-refractivity contribution in [2.45, 2.75) is 135 Å². The van der Waals surface area contributed by atoms with Crippen molar-refractivity contribution >= 4 is 68.7 Å². The predicted molar refractivity (Wildman–Crippen MR) is 322 cm³/mol. The number of esters is 6. The number of fused-ring (bicyclic) bond motifs is 1. The molecule has 448 valence electrons. The predicted octanol–water partition coefficient (Wildman–Crippen LogP) is 13.7. The Morgan fingerprint density at radius 2 is 0.952 bits per heavy atom. The van der Waals surface area contributed by atoms with Crippen molar-refractivity contribution in [3.63, 3.8) is 0 Å². The first-order valence-corrected chi connectivity index (χ1v) is 30.5. The molecule has 0 radical (unpaired) electrons. The molecular weight excluding hydrogens is 1090 g/mol. The van der Waals surface area contributed by atoms with E-state index in [4.69, 9.17) is 48.0 Å². The van der Waals surface area contributed by atoms with Crippen LogP contribution in [0.2, 0.25) is 0 Å². The Hall–Kier alpha value is -7.86. The number of carbonyl (C=O) groups excluding carboxylic acids is 6. The zero-order valence-electron chi connectivity index (χ0n) is 48.3. The van der Waals surface area contributed by atoms with Crippen LogP contribution < -0.4 is 33.4 Å². The van der Waals surface area contributed by atoms with Gasteiger partial charge in [0.05, 0.1) is 66.5 Å². The monoisotopic (exact) mass is 1170 g/mol. The Morgan fingerprint density at radius 3 is 1.43 bits per heavy atom. The van der Waals surface area contributed by atoms with Crippen molar-refractivity contribution in [2.75, 3.05) is 38.0 Å². The number of rotatable bonds is 34. The highest BCUT2D eigenvalue weighted by Crippen LogP contribution is 2.36. The number of hydrazone groups is 1. The maximum absolute atomic E-state index is 14.0. The number of nitrogens with zero attached hydrogens (tertiary/aromatic N) is 3. The third-order valence-electron chi connectivity index (χ3n) is 14.8. The summed E-state index contributed by atoms with van der Waals surface area (Å²) in [6.45, 7) is 11.4. The van der Waals surface area contributed by atoms with E-state index >= 15 is 0 Å². The molecule has 0 atom stereocenters. The number of aromatic nitrogens is 1. The molecule has 18 heteroatoms. The standard InChI is InChI=1S/C66H79N3O14S/c1-4-7-8-15-40-69(66-68-57-20-13-14-21-59(57)84-66)67-46-51-45-56(82-64(74)49-24-22-47(23-25-49)62(72)80-54-34-30-52(31-35-54)76-41-16-9-11-18-43-78-60(70)5-2)38-39-58(51)83-65(75)50-28-26-48(27-29-50)63(73)81-55-36-32-53(33-37-55)77-42-17-10-12-19-44-79-61(71)6-3/h5-6,13-14,20-21,30-39,45-50H,2-4,7-12,15-19,22-29,40-44H2,1H3/b67-46+/t47-,48-,49+,50+. The van der Waals surface area contributed by atoms with Crippen LogP contribution in [0.4, 0.5) is 5.13 Å². The van der Waals surface area contributed by atoms with Crippen molar-refractivity contribution in [3.05, 3.63) is 122 Å². The molecule has 4 aromatic carbocycles. The van der Waals surface area contributed by atoms with Gasteiger partial charge in [0.25, 0.3) is 0 Å². The Labute approximate surface area is 496 Å². The summed E-state index contributed by atoms with van der Waals surface area (Å²) in [5.41, 5.74) is 1.29. The number of anilines is 1. The summed E-state index contributed by atoms with van der Waals surface area (Å²) in [5, 5.41) is 7.51. The summed E-state index contributed by atoms with van der Waals surface area (Å²) in [6.07, 6.45) is 18.5. The molecule has 5 aromatic rings. The van der Waals surface area contributed by atoms with E-state index in [1.807, 2.05) is 29.3 Å². The fourth-order valence-corrected chi connectivity index (χ4v) is 10.8. The molecule has 2 fully saturated rings. The number of ether oxygens (including phenoxy) is 8. The third-order valence-corrected chi connectivity index (χ3v) is 15.8. The van der Waals surface area contributed by atoms with Crippen molar-refractivity contribution in [2.24, 2.45) is 28.8 Å². The van der Waals surface area contributed by atoms with E-state index in [9.17, 15) is 28.8 Å². The Bertz CT molecular complexity index is 2930. The summed E-state index contributed by atoms with van der Waals surface area (Å²) >= 11 is 1.54. The highest BCUT2D eigenvalue weighted by molar-refractivity contribution is 7.22. The third kappa shape index (κ3) is 21.1. The second-order valence-corrected chi connectivity index (χ2v) is 22.1. The van der Waals surface area contributed by atoms with E-state index in [1.165, 1.54) is 11.3 Å². The number of hydrogen-bond acceptors (Lipinski definition) is 18. The van der Waals surface area contributed by atoms with Crippen LogP contribution in [0.5, 0.6) is 34.5 Å². The lowest BCUT2D eigenvalue weighted by Crippen LogP contribution is -2.30. The number of carbonyl (C=O) groups is 6. The molecule has 0 unspecified atom stereocenters. The quantitative estimate of drug-likeness (QED) is 0.00938. The molecule has 0 N–H and O–H groups in total. The Kier molecular flexibility index (Phi) is 26.3. The van der Waals surface area contributed by atoms with Crippen LogP contribution in [0.25, 0.3) is 10.2 Å². The first-order valence-electron chi connectivity index (χ1n) is 29.7. The SMILES string of the molecule is C=CC(=O)OCCCCCCOc1ccc(OC(=O)[C@H]2CC[C@@H](C(=O)Oc3ccc(OC(=O)[C@H]4CC[C@@H](C(=O)Oc5ccc(OCCCCCCOC(=O)C=C)cc5)CC4)c(/C=N/N(CCCCCC)c4nc5ccccc5s4)c3)CC2)cc1. The molecule has 7 rings (SSSR count). The molecule has 0 spiro atoms. The van der Waals surface area contributed by atoms with Gasteiger partial charge in [0.1, 0.15) is 34.5 Å². The maximum atomic E-state index is 14.0. The van der Waals surface area contributed by atoms with Crippen LogP contribution in [-0.4, -0.2) is 80.0 Å². The minimum atomic E-state index is -0.463. The van der Waals surface area contributed by atoms with Gasteiger partial charge in [-0.1, -0.05) is 62.8 Å². The summed E-state index contributed by atoms with van der Waals surface area (Å²) in [5.74, 6) is -1.40. The average molecular weight is 1170 g/mol.